The van der Waals surface area contributed by atoms with Gasteiger partial charge in [-0.3, -0.25) is 4.79 Å². The second-order valence-electron chi connectivity index (χ2n) is 6.89. The molecule has 0 aromatic heterocycles. The molecule has 3 rings (SSSR count). The molecule has 0 radical (unpaired) electrons. The van der Waals surface area contributed by atoms with Crippen molar-refractivity contribution < 1.29 is 4.79 Å². The van der Waals surface area contributed by atoms with Crippen molar-refractivity contribution in [1.29, 1.82) is 0 Å². The largest absolute Gasteiger partial charge is 0.299 e. The molecule has 1 saturated carbocycles. The van der Waals surface area contributed by atoms with E-state index in [-0.39, 0.29) is 23.2 Å². The van der Waals surface area contributed by atoms with Crippen molar-refractivity contribution in [3.05, 3.63) is 84.4 Å². The Hall–Kier alpha value is -2.15. The average molecular weight is 304 g/mol. The number of rotatable bonds is 4. The van der Waals surface area contributed by atoms with Crippen LogP contribution >= 0.6 is 0 Å². The summed E-state index contributed by atoms with van der Waals surface area (Å²) in [4.78, 5) is 13.1. The molecule has 2 aromatic rings. The zero-order valence-electron chi connectivity index (χ0n) is 13.9. The van der Waals surface area contributed by atoms with Crippen molar-refractivity contribution in [3.8, 4) is 0 Å². The second kappa shape index (κ2) is 6.16. The van der Waals surface area contributed by atoms with Crippen molar-refractivity contribution in [3.63, 3.8) is 0 Å². The van der Waals surface area contributed by atoms with E-state index in [4.69, 9.17) is 0 Å². The van der Waals surface area contributed by atoms with Gasteiger partial charge in [-0.1, -0.05) is 80.6 Å². The molecule has 1 fully saturated rings. The van der Waals surface area contributed by atoms with Crippen LogP contribution in [0.4, 0.5) is 0 Å². The zero-order valence-corrected chi connectivity index (χ0v) is 13.9. The van der Waals surface area contributed by atoms with Gasteiger partial charge < -0.3 is 0 Å². The van der Waals surface area contributed by atoms with Crippen LogP contribution < -0.4 is 0 Å². The van der Waals surface area contributed by atoms with Crippen molar-refractivity contribution in [1.82, 2.24) is 0 Å². The minimum absolute atomic E-state index is 0.0209. The number of hydrogen-bond donors (Lipinski definition) is 0. The summed E-state index contributed by atoms with van der Waals surface area (Å²) in [6, 6.07) is 21.0. The van der Waals surface area contributed by atoms with Gasteiger partial charge in [0.2, 0.25) is 0 Å². The van der Waals surface area contributed by atoms with E-state index >= 15 is 0 Å². The van der Waals surface area contributed by atoms with Crippen molar-refractivity contribution in [2.75, 3.05) is 0 Å². The number of carbonyl (C=O) groups excluding carboxylic acids is 1. The first kappa shape index (κ1) is 15.7. The van der Waals surface area contributed by atoms with E-state index in [2.05, 4.69) is 69.0 Å². The first-order valence-corrected chi connectivity index (χ1v) is 8.34. The van der Waals surface area contributed by atoms with Gasteiger partial charge in [0.25, 0.3) is 0 Å². The van der Waals surface area contributed by atoms with Gasteiger partial charge in [0.05, 0.1) is 0 Å². The Morgan fingerprint density at radius 1 is 1.00 bits per heavy atom. The van der Waals surface area contributed by atoms with Crippen molar-refractivity contribution >= 4 is 5.78 Å². The Labute approximate surface area is 139 Å². The molecule has 4 atom stereocenters. The highest BCUT2D eigenvalue weighted by Crippen LogP contribution is 2.58. The maximum Gasteiger partial charge on any atom is 0.143 e. The number of Topliss-reactive ketones (excluding diaryl/α,β-unsaturated/α-hetero) is 1. The van der Waals surface area contributed by atoms with Gasteiger partial charge in [-0.25, -0.2) is 0 Å². The van der Waals surface area contributed by atoms with Crippen LogP contribution in [0.5, 0.6) is 0 Å². The fraction of sp³-hybridized carbons (Fsp3) is 0.318. The molecular weight excluding hydrogens is 280 g/mol. The van der Waals surface area contributed by atoms with E-state index < -0.39 is 0 Å². The molecular formula is C22H24O. The topological polar surface area (TPSA) is 17.1 Å². The molecule has 1 aliphatic carbocycles. The molecule has 0 saturated heterocycles. The lowest BCUT2D eigenvalue weighted by molar-refractivity contribution is -0.128. The van der Waals surface area contributed by atoms with Gasteiger partial charge in [-0.2, -0.15) is 0 Å². The standard InChI is InChI=1S/C22H24O/c1-4-15-22(3)20(18-13-9-6-10-14-18)19(16(2)21(22)23)17-11-7-5-8-12-17/h4-14,16,19-20H,1,15H2,2-3H3/t16-,19+,20+,22+/m1/s1. The Kier molecular flexibility index (Phi) is 4.21. The van der Waals surface area contributed by atoms with E-state index in [9.17, 15) is 4.79 Å². The summed E-state index contributed by atoms with van der Waals surface area (Å²) in [5.41, 5.74) is 2.13. The summed E-state index contributed by atoms with van der Waals surface area (Å²) in [7, 11) is 0. The van der Waals surface area contributed by atoms with Crippen LogP contribution in [0, 0.1) is 11.3 Å². The highest BCUT2D eigenvalue weighted by Gasteiger charge is 2.55. The second-order valence-corrected chi connectivity index (χ2v) is 6.89. The Bertz CT molecular complexity index is 688. The summed E-state index contributed by atoms with van der Waals surface area (Å²) in [5.74, 6) is 0.787. The van der Waals surface area contributed by atoms with E-state index in [0.717, 1.165) is 6.42 Å². The first-order valence-electron chi connectivity index (χ1n) is 8.34. The molecule has 0 amide bonds. The van der Waals surface area contributed by atoms with Crippen LogP contribution in [0.3, 0.4) is 0 Å². The van der Waals surface area contributed by atoms with Gasteiger partial charge in [0.15, 0.2) is 0 Å². The minimum Gasteiger partial charge on any atom is -0.299 e. The summed E-state index contributed by atoms with van der Waals surface area (Å²) in [6.07, 6.45) is 2.62. The van der Waals surface area contributed by atoms with E-state index in [1.807, 2.05) is 18.2 Å². The molecule has 118 valence electrons. The van der Waals surface area contributed by atoms with Gasteiger partial charge in [-0.05, 0) is 17.5 Å². The van der Waals surface area contributed by atoms with Crippen LogP contribution in [0.25, 0.3) is 0 Å². The summed E-state index contributed by atoms with van der Waals surface area (Å²) in [5, 5.41) is 0. The lowest BCUT2D eigenvalue weighted by atomic mass is 9.69. The Balaban J connectivity index is 2.17. The lowest BCUT2D eigenvalue weighted by Crippen LogP contribution is -2.29. The maximum absolute atomic E-state index is 13.1. The molecule has 0 aliphatic heterocycles. The minimum atomic E-state index is -0.386. The van der Waals surface area contributed by atoms with E-state index in [0.29, 0.717) is 5.78 Å². The van der Waals surface area contributed by atoms with Crippen LogP contribution in [0.15, 0.2) is 73.3 Å². The predicted octanol–water partition coefficient (Wildman–Crippen LogP) is 5.36. The molecule has 1 aliphatic rings. The van der Waals surface area contributed by atoms with Crippen molar-refractivity contribution in [2.45, 2.75) is 32.1 Å². The van der Waals surface area contributed by atoms with Crippen LogP contribution in [-0.4, -0.2) is 5.78 Å². The van der Waals surface area contributed by atoms with Gasteiger partial charge >= 0.3 is 0 Å². The monoisotopic (exact) mass is 304 g/mol. The third-order valence-corrected chi connectivity index (χ3v) is 5.47. The Morgan fingerprint density at radius 3 is 2.04 bits per heavy atom. The third kappa shape index (κ3) is 2.55. The lowest BCUT2D eigenvalue weighted by Gasteiger charge is -2.33. The smallest absolute Gasteiger partial charge is 0.143 e. The quantitative estimate of drug-likeness (QED) is 0.695. The van der Waals surface area contributed by atoms with Gasteiger partial charge in [0, 0.05) is 23.2 Å². The summed E-state index contributed by atoms with van der Waals surface area (Å²) in [6.45, 7) is 8.11. The molecule has 23 heavy (non-hydrogen) atoms. The SMILES string of the molecule is C=CC[C@]1(C)C(=O)[C@H](C)[C@@H](c2ccccc2)[C@@H]1c1ccccc1. The van der Waals surface area contributed by atoms with Crippen LogP contribution in [-0.2, 0) is 4.79 Å². The molecule has 0 unspecified atom stereocenters. The summed E-state index contributed by atoms with van der Waals surface area (Å²) >= 11 is 0. The Morgan fingerprint density at radius 2 is 1.52 bits per heavy atom. The zero-order chi connectivity index (χ0) is 16.4. The molecule has 0 bridgehead atoms. The number of hydrogen-bond acceptors (Lipinski definition) is 1. The third-order valence-electron chi connectivity index (χ3n) is 5.47. The van der Waals surface area contributed by atoms with E-state index in [1.54, 1.807) is 0 Å². The molecule has 1 heteroatoms. The molecule has 0 spiro atoms. The van der Waals surface area contributed by atoms with Crippen molar-refractivity contribution in [2.24, 2.45) is 11.3 Å². The number of benzene rings is 2. The van der Waals surface area contributed by atoms with Gasteiger partial charge in [-0.15, -0.1) is 6.58 Å². The highest BCUT2D eigenvalue weighted by atomic mass is 16.1. The average Bonchev–Trinajstić information content (AvgIpc) is 2.78. The number of allylic oxidation sites excluding steroid dienone is 1. The molecule has 2 aromatic carbocycles. The fourth-order valence-electron chi connectivity index (χ4n) is 4.44. The number of carbonyl (C=O) groups is 1. The maximum atomic E-state index is 13.1. The molecule has 1 nitrogen and oxygen atoms in total. The van der Waals surface area contributed by atoms with E-state index in [1.165, 1.54) is 11.1 Å². The number of ketones is 1. The predicted molar refractivity (Wildman–Crippen MR) is 95.5 cm³/mol. The van der Waals surface area contributed by atoms with Gasteiger partial charge in [0.1, 0.15) is 5.78 Å². The summed E-state index contributed by atoms with van der Waals surface area (Å²) < 4.78 is 0. The first-order chi connectivity index (χ1) is 11.1. The molecule has 0 heterocycles. The van der Waals surface area contributed by atoms with Crippen LogP contribution in [0.1, 0.15) is 43.2 Å². The fourth-order valence-corrected chi connectivity index (χ4v) is 4.44. The highest BCUT2D eigenvalue weighted by molar-refractivity contribution is 5.92. The van der Waals surface area contributed by atoms with Crippen LogP contribution in [0.2, 0.25) is 0 Å². The normalized spacial score (nSPS) is 30.3. The molecule has 0 N–H and O–H groups in total.